The average Bonchev–Trinajstić information content (AvgIpc) is 2.45. The molecule has 3 nitrogen and oxygen atoms in total. The van der Waals surface area contributed by atoms with Crippen LogP contribution in [0, 0.1) is 6.92 Å². The molecule has 1 atom stereocenters. The smallest absolute Gasteiger partial charge is 0.0610 e. The van der Waals surface area contributed by atoms with E-state index in [1.165, 1.54) is 11.3 Å². The molecule has 114 valence electrons. The first-order valence-corrected chi connectivity index (χ1v) is 7.64. The predicted octanol–water partition coefficient (Wildman–Crippen LogP) is 2.96. The van der Waals surface area contributed by atoms with E-state index in [4.69, 9.17) is 0 Å². The van der Waals surface area contributed by atoms with Crippen LogP contribution in [0.15, 0.2) is 24.3 Å². The van der Waals surface area contributed by atoms with E-state index in [2.05, 4.69) is 62.3 Å². The van der Waals surface area contributed by atoms with Gasteiger partial charge in [-0.05, 0) is 57.4 Å². The summed E-state index contributed by atoms with van der Waals surface area (Å²) in [5, 5.41) is 13.0. The van der Waals surface area contributed by atoms with Gasteiger partial charge in [0, 0.05) is 24.8 Å². The first kappa shape index (κ1) is 17.0. The maximum absolute atomic E-state index is 9.55. The van der Waals surface area contributed by atoms with Crippen LogP contribution in [-0.2, 0) is 0 Å². The summed E-state index contributed by atoms with van der Waals surface area (Å²) >= 11 is 0. The fourth-order valence-corrected chi connectivity index (χ4v) is 2.35. The Morgan fingerprint density at radius 3 is 2.70 bits per heavy atom. The Labute approximate surface area is 124 Å². The molecule has 1 unspecified atom stereocenters. The van der Waals surface area contributed by atoms with Crippen molar-refractivity contribution < 1.29 is 5.11 Å². The third kappa shape index (κ3) is 5.51. The molecule has 0 aliphatic heterocycles. The topological polar surface area (TPSA) is 35.5 Å². The van der Waals surface area contributed by atoms with Gasteiger partial charge in [-0.25, -0.2) is 0 Å². The van der Waals surface area contributed by atoms with Gasteiger partial charge in [0.2, 0.25) is 0 Å². The fraction of sp³-hybridized carbons (Fsp3) is 0.647. The van der Waals surface area contributed by atoms with E-state index in [0.717, 1.165) is 32.4 Å². The Kier molecular flexibility index (Phi) is 7.03. The number of nitrogens with zero attached hydrogens (tertiary/aromatic N) is 1. The largest absolute Gasteiger partial charge is 0.394 e. The quantitative estimate of drug-likeness (QED) is 0.729. The third-order valence-electron chi connectivity index (χ3n) is 3.82. The van der Waals surface area contributed by atoms with Gasteiger partial charge in [-0.2, -0.15) is 0 Å². The zero-order valence-corrected chi connectivity index (χ0v) is 13.4. The number of hydrogen-bond donors (Lipinski definition) is 2. The molecule has 0 radical (unpaired) electrons. The molecule has 0 aliphatic rings. The van der Waals surface area contributed by atoms with Crippen molar-refractivity contribution in [2.75, 3.05) is 31.6 Å². The zero-order chi connectivity index (χ0) is 15.0. The first-order valence-electron chi connectivity index (χ1n) is 7.64. The lowest BCUT2D eigenvalue weighted by molar-refractivity contribution is 0.164. The van der Waals surface area contributed by atoms with Gasteiger partial charge in [0.1, 0.15) is 0 Å². The molecule has 0 saturated heterocycles. The molecule has 0 spiro atoms. The zero-order valence-electron chi connectivity index (χ0n) is 13.4. The number of benzene rings is 1. The number of aliphatic hydroxyl groups is 1. The van der Waals surface area contributed by atoms with E-state index in [0.29, 0.717) is 0 Å². The highest BCUT2D eigenvalue weighted by atomic mass is 16.3. The van der Waals surface area contributed by atoms with Crippen LogP contribution in [0.2, 0.25) is 0 Å². The highest BCUT2D eigenvalue weighted by Crippen LogP contribution is 2.17. The van der Waals surface area contributed by atoms with Crippen molar-refractivity contribution >= 4 is 5.69 Å². The molecule has 3 heteroatoms. The van der Waals surface area contributed by atoms with Gasteiger partial charge in [0.15, 0.2) is 0 Å². The lowest BCUT2D eigenvalue weighted by atomic mass is 9.96. The van der Waals surface area contributed by atoms with Gasteiger partial charge in [-0.3, -0.25) is 0 Å². The van der Waals surface area contributed by atoms with Gasteiger partial charge in [-0.15, -0.1) is 0 Å². The fourth-order valence-electron chi connectivity index (χ4n) is 2.35. The van der Waals surface area contributed by atoms with Crippen molar-refractivity contribution in [3.8, 4) is 0 Å². The van der Waals surface area contributed by atoms with Crippen molar-refractivity contribution in [3.63, 3.8) is 0 Å². The van der Waals surface area contributed by atoms with Crippen LogP contribution in [0.25, 0.3) is 0 Å². The van der Waals surface area contributed by atoms with Crippen LogP contribution >= 0.6 is 0 Å². The Bertz CT molecular complexity index is 394. The van der Waals surface area contributed by atoms with E-state index in [9.17, 15) is 5.11 Å². The normalized spacial score (nSPS) is 14.1. The van der Waals surface area contributed by atoms with Crippen LogP contribution in [0.4, 0.5) is 5.69 Å². The van der Waals surface area contributed by atoms with Crippen molar-refractivity contribution in [2.45, 2.75) is 45.6 Å². The lowest BCUT2D eigenvalue weighted by Gasteiger charge is -2.30. The van der Waals surface area contributed by atoms with Crippen LogP contribution in [0.3, 0.4) is 0 Å². The van der Waals surface area contributed by atoms with Crippen LogP contribution in [-0.4, -0.2) is 37.4 Å². The minimum atomic E-state index is -0.149. The minimum Gasteiger partial charge on any atom is -0.394 e. The molecular formula is C17H30N2O. The van der Waals surface area contributed by atoms with Gasteiger partial charge < -0.3 is 15.3 Å². The maximum atomic E-state index is 9.55. The SMILES string of the molecule is CCCNC(C)(CO)CCCN(C)c1cccc(C)c1. The molecular weight excluding hydrogens is 248 g/mol. The molecule has 1 rings (SSSR count). The van der Waals surface area contributed by atoms with Gasteiger partial charge in [0.25, 0.3) is 0 Å². The standard InChI is InChI=1S/C17H30N2O/c1-5-11-18-17(3,14-20)10-7-12-19(4)16-9-6-8-15(2)13-16/h6,8-9,13,18,20H,5,7,10-12,14H2,1-4H3. The highest BCUT2D eigenvalue weighted by Gasteiger charge is 2.21. The predicted molar refractivity (Wildman–Crippen MR) is 87.5 cm³/mol. The van der Waals surface area contributed by atoms with E-state index in [1.54, 1.807) is 0 Å². The number of anilines is 1. The average molecular weight is 278 g/mol. The van der Waals surface area contributed by atoms with Gasteiger partial charge in [-0.1, -0.05) is 19.1 Å². The van der Waals surface area contributed by atoms with E-state index in [1.807, 2.05) is 0 Å². The molecule has 1 aromatic rings. The summed E-state index contributed by atoms with van der Waals surface area (Å²) in [6.07, 6.45) is 3.15. The third-order valence-corrected chi connectivity index (χ3v) is 3.82. The number of aliphatic hydroxyl groups excluding tert-OH is 1. The Hall–Kier alpha value is -1.06. The minimum absolute atomic E-state index is 0.149. The van der Waals surface area contributed by atoms with Crippen molar-refractivity contribution in [1.82, 2.24) is 5.32 Å². The summed E-state index contributed by atoms with van der Waals surface area (Å²) in [7, 11) is 2.13. The number of rotatable bonds is 9. The first-order chi connectivity index (χ1) is 9.50. The second-order valence-corrected chi connectivity index (χ2v) is 6.01. The van der Waals surface area contributed by atoms with Gasteiger partial charge in [0.05, 0.1) is 6.61 Å². The summed E-state index contributed by atoms with van der Waals surface area (Å²) in [5.74, 6) is 0. The highest BCUT2D eigenvalue weighted by molar-refractivity contribution is 5.47. The maximum Gasteiger partial charge on any atom is 0.0610 e. The van der Waals surface area contributed by atoms with Gasteiger partial charge >= 0.3 is 0 Å². The van der Waals surface area contributed by atoms with E-state index < -0.39 is 0 Å². The monoisotopic (exact) mass is 278 g/mol. The second-order valence-electron chi connectivity index (χ2n) is 6.01. The molecule has 0 aliphatic carbocycles. The molecule has 2 N–H and O–H groups in total. The molecule has 0 bridgehead atoms. The summed E-state index contributed by atoms with van der Waals surface area (Å²) in [6, 6.07) is 8.57. The molecule has 0 aromatic heterocycles. The number of hydrogen-bond acceptors (Lipinski definition) is 3. The summed E-state index contributed by atoms with van der Waals surface area (Å²) < 4.78 is 0. The Morgan fingerprint density at radius 2 is 2.10 bits per heavy atom. The second kappa shape index (κ2) is 8.28. The van der Waals surface area contributed by atoms with Crippen molar-refractivity contribution in [3.05, 3.63) is 29.8 Å². The van der Waals surface area contributed by atoms with E-state index >= 15 is 0 Å². The van der Waals surface area contributed by atoms with Crippen molar-refractivity contribution in [2.24, 2.45) is 0 Å². The molecule has 1 aromatic carbocycles. The summed E-state index contributed by atoms with van der Waals surface area (Å²) in [5.41, 5.74) is 2.40. The Morgan fingerprint density at radius 1 is 1.35 bits per heavy atom. The summed E-state index contributed by atoms with van der Waals surface area (Å²) in [4.78, 5) is 2.28. The number of nitrogens with one attached hydrogen (secondary N) is 1. The molecule has 0 amide bonds. The van der Waals surface area contributed by atoms with Crippen LogP contribution in [0.5, 0.6) is 0 Å². The molecule has 0 heterocycles. The molecule has 0 saturated carbocycles. The summed E-state index contributed by atoms with van der Waals surface area (Å²) in [6.45, 7) is 8.54. The lowest BCUT2D eigenvalue weighted by Crippen LogP contribution is -2.46. The molecule has 0 fully saturated rings. The van der Waals surface area contributed by atoms with Crippen molar-refractivity contribution in [1.29, 1.82) is 0 Å². The van der Waals surface area contributed by atoms with Crippen LogP contribution in [0.1, 0.15) is 38.7 Å². The molecule has 20 heavy (non-hydrogen) atoms. The van der Waals surface area contributed by atoms with E-state index in [-0.39, 0.29) is 12.1 Å². The van der Waals surface area contributed by atoms with Crippen LogP contribution < -0.4 is 10.2 Å². The Balaban J connectivity index is 2.42. The number of aryl methyl sites for hydroxylation is 1.